The number of carbonyl (C=O) groups is 1. The average Bonchev–Trinajstić information content (AvgIpc) is 3.57. The summed E-state index contributed by atoms with van der Waals surface area (Å²) in [6.45, 7) is 5.59. The first-order valence-electron chi connectivity index (χ1n) is 13.2. The molecule has 1 atom stereocenters. The Morgan fingerprint density at radius 3 is 2.54 bits per heavy atom. The number of hydrogen-bond acceptors (Lipinski definition) is 5. The van der Waals surface area contributed by atoms with Gasteiger partial charge in [-0.3, -0.25) is 23.2 Å². The number of nitrogens with zero attached hydrogens (tertiary/aromatic N) is 6. The van der Waals surface area contributed by atoms with Gasteiger partial charge in [-0.15, -0.1) is 0 Å². The van der Waals surface area contributed by atoms with Crippen LogP contribution in [0.4, 0.5) is 0 Å². The zero-order valence-electron chi connectivity index (χ0n) is 23.1. The summed E-state index contributed by atoms with van der Waals surface area (Å²) in [6, 6.07) is 16.4. The highest BCUT2D eigenvalue weighted by atomic mass is 16.2. The van der Waals surface area contributed by atoms with E-state index >= 15 is 0 Å². The number of rotatable bonds is 4. The summed E-state index contributed by atoms with van der Waals surface area (Å²) in [5.74, 6) is 6.05. The van der Waals surface area contributed by atoms with E-state index in [0.717, 1.165) is 16.6 Å². The Bertz CT molecular complexity index is 2070. The van der Waals surface area contributed by atoms with Gasteiger partial charge in [-0.1, -0.05) is 42.2 Å². The van der Waals surface area contributed by atoms with Crippen LogP contribution in [0.15, 0.2) is 84.3 Å². The fourth-order valence-corrected chi connectivity index (χ4v) is 4.99. The maximum atomic E-state index is 14.3. The summed E-state index contributed by atoms with van der Waals surface area (Å²) < 4.78 is 5.12. The molecule has 2 aromatic carbocycles. The van der Waals surface area contributed by atoms with Gasteiger partial charge in [-0.05, 0) is 50.4 Å². The van der Waals surface area contributed by atoms with Crippen LogP contribution in [0.1, 0.15) is 51.5 Å². The monoisotopic (exact) mass is 541 g/mol. The Morgan fingerprint density at radius 1 is 1.00 bits per heavy atom. The number of amides is 1. The third-order valence-corrected chi connectivity index (χ3v) is 7.30. The van der Waals surface area contributed by atoms with Crippen LogP contribution in [-0.2, 0) is 7.05 Å². The molecular weight excluding hydrogens is 514 g/mol. The highest BCUT2D eigenvalue weighted by Gasteiger charge is 2.22. The molecule has 0 aliphatic rings. The Kier molecular flexibility index (Phi) is 6.44. The molecule has 0 saturated carbocycles. The zero-order chi connectivity index (χ0) is 28.7. The fourth-order valence-electron chi connectivity index (χ4n) is 4.99. The number of para-hydroxylation sites is 1. The number of fused-ring (bicyclic) bond motifs is 2. The predicted octanol–water partition coefficient (Wildman–Crippen LogP) is 4.27. The highest BCUT2D eigenvalue weighted by Crippen LogP contribution is 2.24. The van der Waals surface area contributed by atoms with E-state index in [-0.39, 0.29) is 11.5 Å². The van der Waals surface area contributed by atoms with Gasteiger partial charge in [-0.2, -0.15) is 5.10 Å². The van der Waals surface area contributed by atoms with Crippen LogP contribution >= 0.6 is 0 Å². The predicted molar refractivity (Wildman–Crippen MR) is 157 cm³/mol. The second-order valence-electron chi connectivity index (χ2n) is 9.89. The SMILES string of the molecule is Cc1ncn2ccnc2c1C(=O)NC(C)c1cc2cccc(C#Cc3cnn(C)c3C)c2c(=O)n1-c1ccccc1. The molecule has 6 rings (SSSR count). The van der Waals surface area contributed by atoms with Gasteiger partial charge < -0.3 is 5.32 Å². The molecule has 1 unspecified atom stereocenters. The number of imidazole rings is 1. The highest BCUT2D eigenvalue weighted by molar-refractivity contribution is 6.01. The number of aromatic nitrogens is 6. The van der Waals surface area contributed by atoms with Crippen LogP contribution in [0.3, 0.4) is 0 Å². The number of nitrogens with one attached hydrogen (secondary N) is 1. The van der Waals surface area contributed by atoms with Crippen LogP contribution < -0.4 is 10.9 Å². The number of benzene rings is 2. The zero-order valence-corrected chi connectivity index (χ0v) is 23.1. The first-order chi connectivity index (χ1) is 19.8. The molecule has 1 N–H and O–H groups in total. The van der Waals surface area contributed by atoms with Crippen molar-refractivity contribution in [3.05, 3.63) is 124 Å². The molecule has 6 aromatic rings. The normalized spacial score (nSPS) is 11.8. The summed E-state index contributed by atoms with van der Waals surface area (Å²) in [6.07, 6.45) is 6.72. The summed E-state index contributed by atoms with van der Waals surface area (Å²) in [7, 11) is 1.87. The topological polar surface area (TPSA) is 99.1 Å². The average molecular weight is 542 g/mol. The molecule has 9 heteroatoms. The smallest absolute Gasteiger partial charge is 0.264 e. The number of aryl methyl sites for hydroxylation is 2. The molecular formula is C32H27N7O2. The van der Waals surface area contributed by atoms with Crippen LogP contribution in [0, 0.1) is 25.7 Å². The van der Waals surface area contributed by atoms with Crippen molar-refractivity contribution >= 4 is 22.3 Å². The third-order valence-electron chi connectivity index (χ3n) is 7.30. The number of pyridine rings is 1. The largest absolute Gasteiger partial charge is 0.344 e. The minimum Gasteiger partial charge on any atom is -0.344 e. The van der Waals surface area contributed by atoms with Gasteiger partial charge in [0.1, 0.15) is 11.9 Å². The van der Waals surface area contributed by atoms with Gasteiger partial charge in [0.05, 0.1) is 34.6 Å². The van der Waals surface area contributed by atoms with E-state index in [4.69, 9.17) is 0 Å². The lowest BCUT2D eigenvalue weighted by molar-refractivity contribution is 0.0938. The van der Waals surface area contributed by atoms with E-state index in [1.807, 2.05) is 75.5 Å². The summed E-state index contributed by atoms with van der Waals surface area (Å²) in [4.78, 5) is 36.5. The van der Waals surface area contributed by atoms with Crippen molar-refractivity contribution in [2.24, 2.45) is 7.05 Å². The van der Waals surface area contributed by atoms with Crippen LogP contribution in [-0.4, -0.2) is 34.6 Å². The molecule has 202 valence electrons. The molecule has 0 aliphatic heterocycles. The first-order valence-corrected chi connectivity index (χ1v) is 13.2. The second kappa shape index (κ2) is 10.2. The lowest BCUT2D eigenvalue weighted by atomic mass is 10.0. The van der Waals surface area contributed by atoms with Crippen molar-refractivity contribution in [1.82, 2.24) is 34.0 Å². The van der Waals surface area contributed by atoms with E-state index in [9.17, 15) is 9.59 Å². The molecule has 0 saturated heterocycles. The van der Waals surface area contributed by atoms with E-state index in [2.05, 4.69) is 32.2 Å². The molecule has 0 fully saturated rings. The van der Waals surface area contributed by atoms with Crippen LogP contribution in [0.25, 0.3) is 22.1 Å². The maximum absolute atomic E-state index is 14.3. The molecule has 9 nitrogen and oxygen atoms in total. The maximum Gasteiger partial charge on any atom is 0.264 e. The van der Waals surface area contributed by atoms with Crippen LogP contribution in [0.2, 0.25) is 0 Å². The van der Waals surface area contributed by atoms with Crippen molar-refractivity contribution in [3.63, 3.8) is 0 Å². The lowest BCUT2D eigenvalue weighted by Crippen LogP contribution is -2.33. The molecule has 0 aliphatic carbocycles. The molecule has 0 bridgehead atoms. The van der Waals surface area contributed by atoms with Gasteiger partial charge in [0.25, 0.3) is 11.5 Å². The van der Waals surface area contributed by atoms with E-state index in [0.29, 0.717) is 39.2 Å². The fraction of sp³-hybridized carbons (Fsp3) is 0.156. The standard InChI is InChI=1S/C32H27N7O2/c1-20(36-31(40)28-21(2)34-19-38-16-15-33-30(28)38)27-17-24-10-8-9-23(13-14-25-18-35-37(4)22(25)3)29(24)32(41)39(27)26-11-6-5-7-12-26/h5-12,15-20H,1-4H3,(H,36,40). The molecule has 0 spiro atoms. The molecule has 41 heavy (non-hydrogen) atoms. The van der Waals surface area contributed by atoms with E-state index in [1.165, 1.54) is 0 Å². The van der Waals surface area contributed by atoms with Gasteiger partial charge >= 0.3 is 0 Å². The van der Waals surface area contributed by atoms with Gasteiger partial charge in [0.15, 0.2) is 5.65 Å². The van der Waals surface area contributed by atoms with Crippen molar-refractivity contribution in [2.75, 3.05) is 0 Å². The molecule has 4 heterocycles. The minimum atomic E-state index is -0.526. The lowest BCUT2D eigenvalue weighted by Gasteiger charge is -2.21. The van der Waals surface area contributed by atoms with E-state index in [1.54, 1.807) is 45.5 Å². The molecule has 1 amide bonds. The van der Waals surface area contributed by atoms with Crippen LogP contribution in [0.5, 0.6) is 0 Å². The third kappa shape index (κ3) is 4.55. The van der Waals surface area contributed by atoms with Gasteiger partial charge in [0.2, 0.25) is 0 Å². The Balaban J connectivity index is 1.49. The van der Waals surface area contributed by atoms with Crippen molar-refractivity contribution in [3.8, 4) is 17.5 Å². The quantitative estimate of drug-likeness (QED) is 0.336. The Labute approximate surface area is 236 Å². The van der Waals surface area contributed by atoms with E-state index < -0.39 is 6.04 Å². The number of hydrogen-bond donors (Lipinski definition) is 1. The molecule has 0 radical (unpaired) electrons. The Morgan fingerprint density at radius 2 is 1.78 bits per heavy atom. The summed E-state index contributed by atoms with van der Waals surface area (Å²) in [5.41, 5.74) is 4.96. The summed E-state index contributed by atoms with van der Waals surface area (Å²) >= 11 is 0. The Hall–Kier alpha value is -5.49. The summed E-state index contributed by atoms with van der Waals surface area (Å²) in [5, 5.41) is 8.59. The minimum absolute atomic E-state index is 0.217. The number of carbonyl (C=O) groups excluding carboxylic acids is 1. The first kappa shape index (κ1) is 25.8. The second-order valence-corrected chi connectivity index (χ2v) is 9.89. The van der Waals surface area contributed by atoms with Gasteiger partial charge in [-0.25, -0.2) is 9.97 Å². The van der Waals surface area contributed by atoms with Gasteiger partial charge in [0, 0.05) is 36.4 Å². The molecule has 4 aromatic heterocycles. The van der Waals surface area contributed by atoms with Crippen molar-refractivity contribution < 1.29 is 4.79 Å². The van der Waals surface area contributed by atoms with Crippen molar-refractivity contribution in [2.45, 2.75) is 26.8 Å². The van der Waals surface area contributed by atoms with Crippen molar-refractivity contribution in [1.29, 1.82) is 0 Å².